The van der Waals surface area contributed by atoms with E-state index in [0.717, 1.165) is 24.5 Å². The van der Waals surface area contributed by atoms with Gasteiger partial charge in [0.05, 0.1) is 12.7 Å². The van der Waals surface area contributed by atoms with E-state index in [9.17, 15) is 9.59 Å². The summed E-state index contributed by atoms with van der Waals surface area (Å²) in [6, 6.07) is 3.92. The van der Waals surface area contributed by atoms with Gasteiger partial charge in [0.15, 0.2) is 0 Å². The number of hydrazone groups is 1. The Balaban J connectivity index is 1.54. The Morgan fingerprint density at radius 3 is 2.92 bits per heavy atom. The van der Waals surface area contributed by atoms with Gasteiger partial charge >= 0.3 is 0 Å². The minimum Gasteiger partial charge on any atom is -0.375 e. The second-order valence-corrected chi connectivity index (χ2v) is 6.30. The van der Waals surface area contributed by atoms with Gasteiger partial charge in [-0.05, 0) is 18.6 Å². The predicted molar refractivity (Wildman–Crippen MR) is 93.1 cm³/mol. The number of hydrogen-bond acceptors (Lipinski definition) is 6. The van der Waals surface area contributed by atoms with Crippen molar-refractivity contribution in [2.75, 3.05) is 31.6 Å². The second kappa shape index (κ2) is 7.60. The van der Waals surface area contributed by atoms with E-state index in [-0.39, 0.29) is 17.9 Å². The van der Waals surface area contributed by atoms with E-state index in [1.54, 1.807) is 13.2 Å². The summed E-state index contributed by atoms with van der Waals surface area (Å²) < 4.78 is 5.54. The summed E-state index contributed by atoms with van der Waals surface area (Å²) in [6.45, 7) is 4.80. The Kier molecular flexibility index (Phi) is 5.28. The van der Waals surface area contributed by atoms with Crippen LogP contribution in [-0.2, 0) is 20.9 Å². The number of ether oxygens (including phenoxy) is 1. The third kappa shape index (κ3) is 4.33. The highest BCUT2D eigenvalue weighted by atomic mass is 16.5. The zero-order chi connectivity index (χ0) is 17.8. The van der Waals surface area contributed by atoms with Crippen LogP contribution in [0.5, 0.6) is 0 Å². The van der Waals surface area contributed by atoms with E-state index >= 15 is 0 Å². The van der Waals surface area contributed by atoms with Crippen molar-refractivity contribution in [3.8, 4) is 0 Å². The molecule has 0 aliphatic carbocycles. The van der Waals surface area contributed by atoms with Crippen LogP contribution in [0.2, 0.25) is 0 Å². The summed E-state index contributed by atoms with van der Waals surface area (Å²) in [7, 11) is 1.56. The van der Waals surface area contributed by atoms with Gasteiger partial charge in [-0.15, -0.1) is 0 Å². The second-order valence-electron chi connectivity index (χ2n) is 6.30. The summed E-state index contributed by atoms with van der Waals surface area (Å²) in [4.78, 5) is 30.2. The average molecular weight is 345 g/mol. The van der Waals surface area contributed by atoms with Crippen molar-refractivity contribution in [1.82, 2.24) is 15.3 Å². The lowest BCUT2D eigenvalue weighted by Gasteiger charge is -2.32. The van der Waals surface area contributed by atoms with Gasteiger partial charge in [0, 0.05) is 45.7 Å². The molecule has 25 heavy (non-hydrogen) atoms. The Labute approximate surface area is 146 Å². The zero-order valence-electron chi connectivity index (χ0n) is 14.6. The number of amides is 2. The Hall–Kier alpha value is -2.48. The fourth-order valence-corrected chi connectivity index (χ4v) is 2.85. The summed E-state index contributed by atoms with van der Waals surface area (Å²) >= 11 is 0. The molecule has 0 saturated carbocycles. The maximum absolute atomic E-state index is 12.2. The number of pyridine rings is 1. The van der Waals surface area contributed by atoms with Crippen molar-refractivity contribution < 1.29 is 14.3 Å². The van der Waals surface area contributed by atoms with Crippen LogP contribution in [0.15, 0.2) is 23.4 Å². The molecule has 1 fully saturated rings. The molecule has 2 aliphatic heterocycles. The fraction of sp³-hybridized carbons (Fsp3) is 0.529. The van der Waals surface area contributed by atoms with Crippen LogP contribution in [0, 0.1) is 0 Å². The number of hydrogen-bond donors (Lipinski definition) is 1. The smallest absolute Gasteiger partial charge is 0.267 e. The normalized spacial score (nSPS) is 21.1. The van der Waals surface area contributed by atoms with E-state index in [4.69, 9.17) is 4.74 Å². The molecule has 1 aromatic rings. The van der Waals surface area contributed by atoms with Crippen LogP contribution >= 0.6 is 0 Å². The molecule has 1 atom stereocenters. The average Bonchev–Trinajstić information content (AvgIpc) is 2.62. The predicted octanol–water partition coefficient (Wildman–Crippen LogP) is 0.531. The van der Waals surface area contributed by atoms with Gasteiger partial charge in [-0.2, -0.15) is 5.10 Å². The SMILES string of the molecule is C[C@@H]1CN(c2ccc(CNC(=O)C3=NN(C)C(=O)CC3)cn2)CCO1. The number of nitrogens with one attached hydrogen (secondary N) is 1. The van der Waals surface area contributed by atoms with Gasteiger partial charge < -0.3 is 15.0 Å². The number of aromatic nitrogens is 1. The van der Waals surface area contributed by atoms with Crippen molar-refractivity contribution in [2.24, 2.45) is 5.10 Å². The van der Waals surface area contributed by atoms with Gasteiger partial charge in [-0.25, -0.2) is 9.99 Å². The number of nitrogens with zero attached hydrogens (tertiary/aromatic N) is 4. The maximum Gasteiger partial charge on any atom is 0.267 e. The van der Waals surface area contributed by atoms with Crippen LogP contribution in [0.4, 0.5) is 5.82 Å². The molecule has 134 valence electrons. The molecule has 8 nitrogen and oxygen atoms in total. The standard InChI is InChI=1S/C17H23N5O3/c1-12-11-22(7-8-25-12)15-5-3-13(9-18-15)10-19-17(24)14-4-6-16(23)21(2)20-14/h3,5,9,12H,4,6-8,10-11H2,1-2H3,(H,19,24)/t12-/m1/s1. The molecule has 1 N–H and O–H groups in total. The van der Waals surface area contributed by atoms with Crippen molar-refractivity contribution in [1.29, 1.82) is 0 Å². The molecule has 1 saturated heterocycles. The molecule has 8 heteroatoms. The fourth-order valence-electron chi connectivity index (χ4n) is 2.85. The van der Waals surface area contributed by atoms with Crippen molar-refractivity contribution >= 4 is 23.3 Å². The quantitative estimate of drug-likeness (QED) is 0.860. The molecule has 0 aromatic carbocycles. The molecular formula is C17H23N5O3. The van der Waals surface area contributed by atoms with E-state index in [1.807, 2.05) is 12.1 Å². The number of morpholine rings is 1. The molecule has 0 spiro atoms. The number of anilines is 1. The first-order valence-corrected chi connectivity index (χ1v) is 8.46. The number of carbonyl (C=O) groups excluding carboxylic acids is 2. The summed E-state index contributed by atoms with van der Waals surface area (Å²) in [5.74, 6) is 0.598. The van der Waals surface area contributed by atoms with Crippen LogP contribution < -0.4 is 10.2 Å². The van der Waals surface area contributed by atoms with Gasteiger partial charge in [0.2, 0.25) is 5.91 Å². The Morgan fingerprint density at radius 2 is 2.24 bits per heavy atom. The van der Waals surface area contributed by atoms with E-state index in [1.165, 1.54) is 5.01 Å². The molecule has 0 unspecified atom stereocenters. The first kappa shape index (κ1) is 17.3. The van der Waals surface area contributed by atoms with Gasteiger partial charge in [0.1, 0.15) is 11.5 Å². The van der Waals surface area contributed by atoms with Gasteiger partial charge in [0.25, 0.3) is 5.91 Å². The van der Waals surface area contributed by atoms with E-state index < -0.39 is 0 Å². The Bertz CT molecular complexity index is 673. The number of rotatable bonds is 4. The van der Waals surface area contributed by atoms with E-state index in [2.05, 4.69) is 27.2 Å². The maximum atomic E-state index is 12.2. The molecule has 0 bridgehead atoms. The summed E-state index contributed by atoms with van der Waals surface area (Å²) in [5, 5.41) is 8.06. The zero-order valence-corrected chi connectivity index (χ0v) is 14.6. The molecule has 1 aromatic heterocycles. The van der Waals surface area contributed by atoms with Crippen molar-refractivity contribution in [3.05, 3.63) is 23.9 Å². The molecule has 2 aliphatic rings. The largest absolute Gasteiger partial charge is 0.375 e. The van der Waals surface area contributed by atoms with Crippen molar-refractivity contribution in [3.63, 3.8) is 0 Å². The monoisotopic (exact) mass is 345 g/mol. The molecule has 3 heterocycles. The molecule has 0 radical (unpaired) electrons. The lowest BCUT2D eigenvalue weighted by atomic mass is 10.1. The minimum atomic E-state index is -0.245. The molecule has 3 rings (SSSR count). The summed E-state index contributed by atoms with van der Waals surface area (Å²) in [5.41, 5.74) is 1.30. The summed E-state index contributed by atoms with van der Waals surface area (Å²) in [6.07, 6.45) is 2.67. The lowest BCUT2D eigenvalue weighted by Crippen LogP contribution is -2.41. The number of carbonyl (C=O) groups is 2. The highest BCUT2D eigenvalue weighted by molar-refractivity contribution is 6.39. The first-order chi connectivity index (χ1) is 12.0. The van der Waals surface area contributed by atoms with E-state index in [0.29, 0.717) is 31.7 Å². The van der Waals surface area contributed by atoms with Crippen LogP contribution in [-0.4, -0.2) is 60.4 Å². The van der Waals surface area contributed by atoms with Crippen LogP contribution in [0.3, 0.4) is 0 Å². The third-order valence-corrected chi connectivity index (χ3v) is 4.30. The van der Waals surface area contributed by atoms with Crippen LogP contribution in [0.25, 0.3) is 0 Å². The lowest BCUT2D eigenvalue weighted by molar-refractivity contribution is -0.130. The Morgan fingerprint density at radius 1 is 1.40 bits per heavy atom. The first-order valence-electron chi connectivity index (χ1n) is 8.46. The minimum absolute atomic E-state index is 0.0752. The van der Waals surface area contributed by atoms with Gasteiger partial charge in [-0.1, -0.05) is 6.07 Å². The highest BCUT2D eigenvalue weighted by Crippen LogP contribution is 2.15. The van der Waals surface area contributed by atoms with Crippen LogP contribution in [0.1, 0.15) is 25.3 Å². The van der Waals surface area contributed by atoms with Gasteiger partial charge in [-0.3, -0.25) is 9.59 Å². The molecular weight excluding hydrogens is 322 g/mol. The highest BCUT2D eigenvalue weighted by Gasteiger charge is 2.22. The topological polar surface area (TPSA) is 87.1 Å². The van der Waals surface area contributed by atoms with Crippen molar-refractivity contribution in [2.45, 2.75) is 32.4 Å². The molecule has 2 amide bonds. The third-order valence-electron chi connectivity index (χ3n) is 4.30.